The first-order chi connectivity index (χ1) is 8.45. The van der Waals surface area contributed by atoms with Crippen LogP contribution in [0.4, 0.5) is 14.5 Å². The highest BCUT2D eigenvalue weighted by atomic mass is 79.9. The summed E-state index contributed by atoms with van der Waals surface area (Å²) in [6.45, 7) is 0.360. The zero-order valence-corrected chi connectivity index (χ0v) is 12.1. The van der Waals surface area contributed by atoms with Crippen molar-refractivity contribution in [3.8, 4) is 0 Å². The van der Waals surface area contributed by atoms with Gasteiger partial charge in [0.05, 0.1) is 10.7 Å². The van der Waals surface area contributed by atoms with Gasteiger partial charge in [0.15, 0.2) is 11.6 Å². The van der Waals surface area contributed by atoms with Crippen molar-refractivity contribution in [2.75, 3.05) is 16.8 Å². The average Bonchev–Trinajstić information content (AvgIpc) is 2.72. The van der Waals surface area contributed by atoms with E-state index in [4.69, 9.17) is 23.2 Å². The fraction of sp³-hybridized carbons (Fsp3) is 0.364. The Kier molecular flexibility index (Phi) is 4.14. The highest BCUT2D eigenvalue weighted by molar-refractivity contribution is 9.09. The minimum absolute atomic E-state index is 0.0696. The molecule has 0 aliphatic carbocycles. The van der Waals surface area contributed by atoms with Crippen LogP contribution in [0.2, 0.25) is 10.0 Å². The number of hydrogen-bond donors (Lipinski definition) is 0. The quantitative estimate of drug-likeness (QED) is 0.444. The molecule has 0 N–H and O–H groups in total. The lowest BCUT2D eigenvalue weighted by molar-refractivity contribution is -0.117. The number of nitrogens with zero attached hydrogens (tertiary/aromatic N) is 1. The average molecular weight is 359 g/mol. The Morgan fingerprint density at radius 3 is 2.61 bits per heavy atom. The van der Waals surface area contributed by atoms with Crippen molar-refractivity contribution in [1.82, 2.24) is 0 Å². The molecule has 1 aromatic rings. The highest BCUT2D eigenvalue weighted by Gasteiger charge is 2.33. The smallest absolute Gasteiger partial charge is 0.227 e. The van der Waals surface area contributed by atoms with Crippen LogP contribution in [-0.4, -0.2) is 17.8 Å². The van der Waals surface area contributed by atoms with Crippen LogP contribution in [0.1, 0.15) is 6.42 Å². The van der Waals surface area contributed by atoms with Gasteiger partial charge < -0.3 is 4.90 Å². The Morgan fingerprint density at radius 2 is 2.06 bits per heavy atom. The van der Waals surface area contributed by atoms with Crippen molar-refractivity contribution in [1.29, 1.82) is 0 Å². The number of carbonyl (C=O) groups excluding carboxylic acids is 1. The maximum Gasteiger partial charge on any atom is 0.227 e. The Labute approximate surface area is 121 Å². The van der Waals surface area contributed by atoms with Crippen LogP contribution >= 0.6 is 39.1 Å². The third kappa shape index (κ3) is 2.36. The van der Waals surface area contributed by atoms with E-state index in [0.29, 0.717) is 18.3 Å². The monoisotopic (exact) mass is 357 g/mol. The molecule has 1 aromatic carbocycles. The van der Waals surface area contributed by atoms with Crippen LogP contribution in [0.25, 0.3) is 0 Å². The second-order valence-corrected chi connectivity index (χ2v) is 5.48. The van der Waals surface area contributed by atoms with Crippen molar-refractivity contribution in [2.24, 2.45) is 5.92 Å². The molecule has 0 aromatic heterocycles. The fourth-order valence-corrected chi connectivity index (χ4v) is 2.75. The number of rotatable bonds is 2. The summed E-state index contributed by atoms with van der Waals surface area (Å²) in [6, 6.07) is 1.09. The van der Waals surface area contributed by atoms with Gasteiger partial charge in [0.2, 0.25) is 5.91 Å². The molecule has 1 heterocycles. The summed E-state index contributed by atoms with van der Waals surface area (Å²) in [7, 11) is 0. The fourth-order valence-electron chi connectivity index (χ4n) is 1.87. The molecule has 2 nitrogen and oxygen atoms in total. The summed E-state index contributed by atoms with van der Waals surface area (Å²) < 4.78 is 27.1. The van der Waals surface area contributed by atoms with Crippen molar-refractivity contribution in [3.05, 3.63) is 27.7 Å². The normalized spacial score (nSPS) is 19.7. The summed E-state index contributed by atoms with van der Waals surface area (Å²) in [6.07, 6.45) is 0.317. The van der Waals surface area contributed by atoms with E-state index in [1.54, 1.807) is 0 Å². The number of anilines is 1. The summed E-state index contributed by atoms with van der Waals surface area (Å²) in [5.41, 5.74) is -0.0696. The molecule has 1 fully saturated rings. The molecule has 1 atom stereocenters. The summed E-state index contributed by atoms with van der Waals surface area (Å²) in [4.78, 5) is 13.0. The third-order valence-corrected chi connectivity index (χ3v) is 4.32. The van der Waals surface area contributed by atoms with Gasteiger partial charge in [0, 0.05) is 18.3 Å². The molecule has 7 heteroatoms. The van der Waals surface area contributed by atoms with Crippen LogP contribution in [0, 0.1) is 17.6 Å². The second-order valence-electron chi connectivity index (χ2n) is 4.05. The van der Waals surface area contributed by atoms with Gasteiger partial charge in [-0.3, -0.25) is 4.79 Å². The van der Waals surface area contributed by atoms with Crippen LogP contribution < -0.4 is 4.90 Å². The van der Waals surface area contributed by atoms with Gasteiger partial charge in [0.25, 0.3) is 0 Å². The lowest BCUT2D eigenvalue weighted by atomic mass is 10.2. The maximum absolute atomic E-state index is 13.9. The predicted molar refractivity (Wildman–Crippen MR) is 70.6 cm³/mol. The lowest BCUT2D eigenvalue weighted by Crippen LogP contribution is -2.26. The Morgan fingerprint density at radius 1 is 1.39 bits per heavy atom. The first kappa shape index (κ1) is 14.0. The molecular weight excluding hydrogens is 351 g/mol. The van der Waals surface area contributed by atoms with Gasteiger partial charge in [-0.25, -0.2) is 8.78 Å². The Balaban J connectivity index is 2.43. The number of alkyl halides is 1. The summed E-state index contributed by atoms with van der Waals surface area (Å²) in [5.74, 6) is -2.10. The van der Waals surface area contributed by atoms with Gasteiger partial charge in [-0.05, 0) is 12.0 Å². The molecule has 18 heavy (non-hydrogen) atoms. The SMILES string of the molecule is O=C1CC(CBr)CN1c1cc(Cl)c(F)c(Cl)c1F. The number of carbonyl (C=O) groups is 1. The van der Waals surface area contributed by atoms with Crippen LogP contribution in [0.3, 0.4) is 0 Å². The molecule has 2 rings (SSSR count). The molecule has 1 unspecified atom stereocenters. The topological polar surface area (TPSA) is 20.3 Å². The van der Waals surface area contributed by atoms with E-state index in [-0.39, 0.29) is 22.5 Å². The molecule has 1 aliphatic heterocycles. The molecule has 0 saturated carbocycles. The number of benzene rings is 1. The van der Waals surface area contributed by atoms with E-state index in [1.165, 1.54) is 4.90 Å². The van der Waals surface area contributed by atoms with E-state index < -0.39 is 16.7 Å². The lowest BCUT2D eigenvalue weighted by Gasteiger charge is -2.18. The Hall–Kier alpha value is -0.390. The van der Waals surface area contributed by atoms with Gasteiger partial charge >= 0.3 is 0 Å². The third-order valence-electron chi connectivity index (χ3n) is 2.80. The van der Waals surface area contributed by atoms with Gasteiger partial charge in [-0.2, -0.15) is 0 Å². The second kappa shape index (κ2) is 5.31. The largest absolute Gasteiger partial charge is 0.309 e. The highest BCUT2D eigenvalue weighted by Crippen LogP contribution is 2.36. The van der Waals surface area contributed by atoms with E-state index >= 15 is 0 Å². The van der Waals surface area contributed by atoms with Crippen LogP contribution in [0.5, 0.6) is 0 Å². The minimum Gasteiger partial charge on any atom is -0.309 e. The van der Waals surface area contributed by atoms with E-state index in [0.717, 1.165) is 6.07 Å². The summed E-state index contributed by atoms with van der Waals surface area (Å²) in [5, 5.41) is -0.349. The first-order valence-electron chi connectivity index (χ1n) is 5.15. The maximum atomic E-state index is 13.9. The molecule has 1 saturated heterocycles. The molecular formula is C11H8BrCl2F2NO. The van der Waals surface area contributed by atoms with Crippen LogP contribution in [-0.2, 0) is 4.79 Å². The van der Waals surface area contributed by atoms with Crippen LogP contribution in [0.15, 0.2) is 6.07 Å². The van der Waals surface area contributed by atoms with Gasteiger partial charge in [0.1, 0.15) is 5.02 Å². The van der Waals surface area contributed by atoms with Crippen molar-refractivity contribution in [2.45, 2.75) is 6.42 Å². The zero-order valence-electron chi connectivity index (χ0n) is 9.02. The Bertz CT molecular complexity index is 512. The van der Waals surface area contributed by atoms with E-state index in [1.807, 2.05) is 0 Å². The molecule has 0 radical (unpaired) electrons. The predicted octanol–water partition coefficient (Wildman–Crippen LogP) is 4.02. The molecule has 1 amide bonds. The number of halogens is 5. The molecule has 0 bridgehead atoms. The molecule has 98 valence electrons. The van der Waals surface area contributed by atoms with E-state index in [9.17, 15) is 13.6 Å². The standard InChI is InChI=1S/C11H8BrCl2F2NO/c12-3-5-1-8(18)17(4-5)7-2-6(13)10(15)9(14)11(7)16/h2,5H,1,3-4H2. The minimum atomic E-state index is -1.01. The zero-order chi connectivity index (χ0) is 13.4. The van der Waals surface area contributed by atoms with E-state index in [2.05, 4.69) is 15.9 Å². The van der Waals surface area contributed by atoms with Crippen molar-refractivity contribution >= 4 is 50.7 Å². The van der Waals surface area contributed by atoms with Crippen molar-refractivity contribution < 1.29 is 13.6 Å². The number of hydrogen-bond acceptors (Lipinski definition) is 1. The molecule has 1 aliphatic rings. The van der Waals surface area contributed by atoms with Gasteiger partial charge in [-0.15, -0.1) is 0 Å². The van der Waals surface area contributed by atoms with Gasteiger partial charge in [-0.1, -0.05) is 39.1 Å². The molecule has 0 spiro atoms. The summed E-state index contributed by atoms with van der Waals surface area (Å²) >= 11 is 14.4. The van der Waals surface area contributed by atoms with Crippen molar-refractivity contribution in [3.63, 3.8) is 0 Å². The first-order valence-corrected chi connectivity index (χ1v) is 7.02. The number of amides is 1.